The molecule has 1 amide bonds. The molecule has 0 aliphatic rings. The maximum atomic E-state index is 11.7. The number of carbonyl (C=O) groups is 1. The third-order valence-corrected chi connectivity index (χ3v) is 2.42. The average molecular weight is 232 g/mol. The molecule has 1 aromatic rings. The maximum Gasteiger partial charge on any atom is 0.242 e. The summed E-state index contributed by atoms with van der Waals surface area (Å²) in [5.41, 5.74) is 3.35. The Kier molecular flexibility index (Phi) is 4.76. The summed E-state index contributed by atoms with van der Waals surface area (Å²) in [6, 6.07) is 5.92. The minimum Gasteiger partial charge on any atom is -0.374 e. The average Bonchev–Trinajstić information content (AvgIpc) is 2.24. The van der Waals surface area contributed by atoms with Crippen molar-refractivity contribution in [3.05, 3.63) is 42.0 Å². The highest BCUT2D eigenvalue weighted by Gasteiger charge is 2.11. The number of nitrogens with one attached hydrogen (secondary N) is 2. The van der Waals surface area contributed by atoms with Crippen molar-refractivity contribution in [2.45, 2.75) is 26.8 Å². The lowest BCUT2D eigenvalue weighted by Gasteiger charge is -2.15. The van der Waals surface area contributed by atoms with Gasteiger partial charge in [0, 0.05) is 12.2 Å². The molecular weight excluding hydrogens is 212 g/mol. The monoisotopic (exact) mass is 232 g/mol. The van der Waals surface area contributed by atoms with E-state index in [4.69, 9.17) is 0 Å². The van der Waals surface area contributed by atoms with E-state index in [0.29, 0.717) is 6.54 Å². The third kappa shape index (κ3) is 4.31. The smallest absolute Gasteiger partial charge is 0.242 e. The van der Waals surface area contributed by atoms with Gasteiger partial charge in [-0.25, -0.2) is 0 Å². The van der Waals surface area contributed by atoms with Crippen LogP contribution < -0.4 is 10.6 Å². The molecule has 2 N–H and O–H groups in total. The Morgan fingerprint density at radius 2 is 1.94 bits per heavy atom. The van der Waals surface area contributed by atoms with Crippen molar-refractivity contribution in [2.24, 2.45) is 0 Å². The largest absolute Gasteiger partial charge is 0.374 e. The zero-order valence-electron chi connectivity index (χ0n) is 10.7. The Hall–Kier alpha value is -1.77. The third-order valence-electron chi connectivity index (χ3n) is 2.42. The second-order valence-corrected chi connectivity index (χ2v) is 4.28. The highest BCUT2D eigenvalue weighted by molar-refractivity contribution is 5.84. The molecule has 0 aromatic heterocycles. The van der Waals surface area contributed by atoms with Crippen molar-refractivity contribution < 1.29 is 4.79 Å². The SMILES string of the molecule is C=CCNC(=O)[C@@H](C)Nc1cc(C)cc(C)c1. The van der Waals surface area contributed by atoms with Gasteiger partial charge in [-0.05, 0) is 44.0 Å². The standard InChI is InChI=1S/C14H20N2O/c1-5-6-15-14(17)12(4)16-13-8-10(2)7-11(3)9-13/h5,7-9,12,16H,1,6H2,2-4H3,(H,15,17)/t12-/m1/s1. The van der Waals surface area contributed by atoms with Gasteiger partial charge in [-0.3, -0.25) is 4.79 Å². The predicted octanol–water partition coefficient (Wildman–Crippen LogP) is 2.41. The van der Waals surface area contributed by atoms with Crippen LogP contribution in [0.4, 0.5) is 5.69 Å². The van der Waals surface area contributed by atoms with Crippen LogP contribution in [0.2, 0.25) is 0 Å². The number of amides is 1. The summed E-state index contributed by atoms with van der Waals surface area (Å²) in [5.74, 6) is -0.0240. The molecule has 0 aliphatic heterocycles. The summed E-state index contributed by atoms with van der Waals surface area (Å²) in [6.45, 7) is 9.99. The molecule has 0 saturated carbocycles. The molecule has 17 heavy (non-hydrogen) atoms. The van der Waals surface area contributed by atoms with E-state index in [2.05, 4.69) is 23.3 Å². The summed E-state index contributed by atoms with van der Waals surface area (Å²) in [7, 11) is 0. The van der Waals surface area contributed by atoms with Crippen molar-refractivity contribution in [1.82, 2.24) is 5.32 Å². The topological polar surface area (TPSA) is 41.1 Å². The lowest BCUT2D eigenvalue weighted by molar-refractivity contribution is -0.121. The van der Waals surface area contributed by atoms with Crippen LogP contribution in [0.25, 0.3) is 0 Å². The van der Waals surface area contributed by atoms with Crippen LogP contribution >= 0.6 is 0 Å². The van der Waals surface area contributed by atoms with E-state index in [0.717, 1.165) is 5.69 Å². The van der Waals surface area contributed by atoms with Gasteiger partial charge in [0.2, 0.25) is 5.91 Å². The van der Waals surface area contributed by atoms with Gasteiger partial charge in [-0.2, -0.15) is 0 Å². The first-order valence-corrected chi connectivity index (χ1v) is 5.76. The van der Waals surface area contributed by atoms with Crippen molar-refractivity contribution in [3.63, 3.8) is 0 Å². The molecule has 3 heteroatoms. The van der Waals surface area contributed by atoms with E-state index in [1.165, 1.54) is 11.1 Å². The summed E-state index contributed by atoms with van der Waals surface area (Å²) < 4.78 is 0. The number of hydrogen-bond donors (Lipinski definition) is 2. The van der Waals surface area contributed by atoms with E-state index in [1.54, 1.807) is 6.08 Å². The Morgan fingerprint density at radius 1 is 1.35 bits per heavy atom. The van der Waals surface area contributed by atoms with Crippen LogP contribution in [0.3, 0.4) is 0 Å². The van der Waals surface area contributed by atoms with Crippen LogP contribution in [0.1, 0.15) is 18.1 Å². The normalized spacial score (nSPS) is 11.7. The van der Waals surface area contributed by atoms with Gasteiger partial charge in [0.25, 0.3) is 0 Å². The molecule has 0 aliphatic carbocycles. The fourth-order valence-corrected chi connectivity index (χ4v) is 1.70. The summed E-state index contributed by atoms with van der Waals surface area (Å²) in [6.07, 6.45) is 1.67. The quantitative estimate of drug-likeness (QED) is 0.765. The van der Waals surface area contributed by atoms with Crippen LogP contribution in [-0.4, -0.2) is 18.5 Å². The fourth-order valence-electron chi connectivity index (χ4n) is 1.70. The number of carbonyl (C=O) groups excluding carboxylic acids is 1. The molecule has 1 rings (SSSR count). The molecule has 1 aromatic carbocycles. The van der Waals surface area contributed by atoms with Crippen molar-refractivity contribution >= 4 is 11.6 Å². The fraction of sp³-hybridized carbons (Fsp3) is 0.357. The maximum absolute atomic E-state index is 11.7. The van der Waals surface area contributed by atoms with Gasteiger partial charge in [-0.15, -0.1) is 6.58 Å². The molecule has 92 valence electrons. The van der Waals surface area contributed by atoms with Crippen molar-refractivity contribution in [1.29, 1.82) is 0 Å². The molecule has 0 bridgehead atoms. The Labute approximate surface area is 103 Å². The minimum absolute atomic E-state index is 0.0240. The lowest BCUT2D eigenvalue weighted by atomic mass is 10.1. The van der Waals surface area contributed by atoms with E-state index < -0.39 is 0 Å². The van der Waals surface area contributed by atoms with Crippen LogP contribution in [0.15, 0.2) is 30.9 Å². The molecular formula is C14H20N2O. The van der Waals surface area contributed by atoms with Gasteiger partial charge in [0.15, 0.2) is 0 Å². The zero-order valence-corrected chi connectivity index (χ0v) is 10.7. The van der Waals surface area contributed by atoms with E-state index in [9.17, 15) is 4.79 Å². The lowest BCUT2D eigenvalue weighted by Crippen LogP contribution is -2.37. The molecule has 0 heterocycles. The second-order valence-electron chi connectivity index (χ2n) is 4.28. The van der Waals surface area contributed by atoms with Crippen molar-refractivity contribution in [2.75, 3.05) is 11.9 Å². The summed E-state index contributed by atoms with van der Waals surface area (Å²) >= 11 is 0. The molecule has 0 fully saturated rings. The van der Waals surface area contributed by atoms with Gasteiger partial charge in [0.1, 0.15) is 6.04 Å². The highest BCUT2D eigenvalue weighted by Crippen LogP contribution is 2.14. The first-order chi connectivity index (χ1) is 8.02. The molecule has 1 atom stereocenters. The molecule has 0 spiro atoms. The number of hydrogen-bond acceptors (Lipinski definition) is 2. The first-order valence-electron chi connectivity index (χ1n) is 5.76. The van der Waals surface area contributed by atoms with Crippen molar-refractivity contribution in [3.8, 4) is 0 Å². The van der Waals surface area contributed by atoms with Crippen LogP contribution in [-0.2, 0) is 4.79 Å². The first kappa shape index (κ1) is 13.3. The number of aryl methyl sites for hydroxylation is 2. The van der Waals surface area contributed by atoms with Gasteiger partial charge < -0.3 is 10.6 Å². The minimum atomic E-state index is -0.254. The number of benzene rings is 1. The van der Waals surface area contributed by atoms with E-state index in [-0.39, 0.29) is 11.9 Å². The van der Waals surface area contributed by atoms with Crippen LogP contribution in [0, 0.1) is 13.8 Å². The molecule has 0 saturated heterocycles. The summed E-state index contributed by atoms with van der Waals surface area (Å²) in [5, 5.41) is 5.95. The predicted molar refractivity (Wildman–Crippen MR) is 72.2 cm³/mol. The van der Waals surface area contributed by atoms with Gasteiger partial charge >= 0.3 is 0 Å². The second kappa shape index (κ2) is 6.09. The Bertz CT molecular complexity index is 392. The number of anilines is 1. The molecule has 3 nitrogen and oxygen atoms in total. The Morgan fingerprint density at radius 3 is 2.47 bits per heavy atom. The highest BCUT2D eigenvalue weighted by atomic mass is 16.2. The van der Waals surface area contributed by atoms with E-state index >= 15 is 0 Å². The van der Waals surface area contributed by atoms with Crippen LogP contribution in [0.5, 0.6) is 0 Å². The molecule has 0 radical (unpaired) electrons. The Balaban J connectivity index is 2.63. The molecule has 0 unspecified atom stereocenters. The van der Waals surface area contributed by atoms with Gasteiger partial charge in [-0.1, -0.05) is 12.1 Å². The number of rotatable bonds is 5. The van der Waals surface area contributed by atoms with E-state index in [1.807, 2.05) is 32.9 Å². The summed E-state index contributed by atoms with van der Waals surface area (Å²) in [4.78, 5) is 11.7. The van der Waals surface area contributed by atoms with Gasteiger partial charge in [0.05, 0.1) is 0 Å². The zero-order chi connectivity index (χ0) is 12.8.